The smallest absolute Gasteiger partial charge is 0.416 e. The van der Waals surface area contributed by atoms with E-state index in [9.17, 15) is 28.1 Å². The number of hydrogen-bond donors (Lipinski definition) is 0. The van der Waals surface area contributed by atoms with E-state index in [4.69, 9.17) is 4.74 Å². The molecule has 2 atom stereocenters. The maximum absolute atomic E-state index is 12.6. The van der Waals surface area contributed by atoms with Crippen LogP contribution in [0.25, 0.3) is 0 Å². The van der Waals surface area contributed by atoms with Crippen LogP contribution in [0.5, 0.6) is 5.75 Å². The van der Waals surface area contributed by atoms with Crippen molar-refractivity contribution in [2.45, 2.75) is 25.4 Å². The van der Waals surface area contributed by atoms with Crippen LogP contribution in [0, 0.1) is 23.0 Å². The summed E-state index contributed by atoms with van der Waals surface area (Å²) >= 11 is 0. The first-order valence-corrected chi connectivity index (χ1v) is 7.80. The van der Waals surface area contributed by atoms with E-state index in [1.54, 1.807) is 0 Å². The predicted molar refractivity (Wildman–Crippen MR) is 85.8 cm³/mol. The number of aryl methyl sites for hydroxylation is 1. The van der Waals surface area contributed by atoms with E-state index >= 15 is 0 Å². The third-order valence-corrected chi connectivity index (χ3v) is 4.34. The fourth-order valence-corrected chi connectivity index (χ4v) is 2.83. The van der Waals surface area contributed by atoms with Crippen LogP contribution >= 0.6 is 0 Å². The number of nitro groups is 1. The lowest BCUT2D eigenvalue weighted by atomic mass is 10.1. The zero-order valence-electron chi connectivity index (χ0n) is 13.6. The van der Waals surface area contributed by atoms with Crippen molar-refractivity contribution in [3.05, 3.63) is 69.3 Å². The number of rotatable bonds is 4. The van der Waals surface area contributed by atoms with Crippen molar-refractivity contribution in [2.24, 2.45) is 5.92 Å². The number of hydrogen-bond acceptors (Lipinski definition) is 4. The van der Waals surface area contributed by atoms with Gasteiger partial charge in [-0.05, 0) is 49.1 Å². The minimum atomic E-state index is -4.39. The van der Waals surface area contributed by atoms with Gasteiger partial charge in [0.25, 0.3) is 5.69 Å². The molecule has 0 aliphatic heterocycles. The molecule has 26 heavy (non-hydrogen) atoms. The molecule has 2 aromatic rings. The fraction of sp³-hybridized carbons (Fsp3) is 0.278. The van der Waals surface area contributed by atoms with Crippen LogP contribution in [-0.2, 0) is 11.0 Å². The minimum absolute atomic E-state index is 0.0705. The van der Waals surface area contributed by atoms with Crippen LogP contribution in [0.3, 0.4) is 0 Å². The molecule has 2 unspecified atom stereocenters. The Bertz CT molecular complexity index is 862. The third-order valence-electron chi connectivity index (χ3n) is 4.34. The van der Waals surface area contributed by atoms with Crippen molar-refractivity contribution in [3.63, 3.8) is 0 Å². The quantitative estimate of drug-likeness (QED) is 0.343. The number of benzene rings is 2. The van der Waals surface area contributed by atoms with E-state index in [1.165, 1.54) is 37.3 Å². The minimum Gasteiger partial charge on any atom is -0.426 e. The molecule has 5 nitrogen and oxygen atoms in total. The SMILES string of the molecule is Cc1cc(OC(=O)C2CC2c2ccc(C(F)(F)F)cc2)ccc1[N+](=O)[O-]. The second-order valence-electron chi connectivity index (χ2n) is 6.19. The summed E-state index contributed by atoms with van der Waals surface area (Å²) in [7, 11) is 0. The molecule has 1 aliphatic rings. The molecule has 0 spiro atoms. The number of ether oxygens (including phenoxy) is 1. The normalized spacial score (nSPS) is 19.1. The lowest BCUT2D eigenvalue weighted by molar-refractivity contribution is -0.385. The molecule has 0 radical (unpaired) electrons. The molecule has 8 heteroatoms. The topological polar surface area (TPSA) is 69.4 Å². The maximum Gasteiger partial charge on any atom is 0.416 e. The lowest BCUT2D eigenvalue weighted by Gasteiger charge is -2.08. The Kier molecular flexibility index (Phi) is 4.43. The van der Waals surface area contributed by atoms with Gasteiger partial charge in [-0.2, -0.15) is 13.2 Å². The number of nitro benzene ring substituents is 1. The monoisotopic (exact) mass is 365 g/mol. The van der Waals surface area contributed by atoms with Gasteiger partial charge in [-0.3, -0.25) is 14.9 Å². The van der Waals surface area contributed by atoms with Gasteiger partial charge in [0, 0.05) is 11.6 Å². The van der Waals surface area contributed by atoms with E-state index in [0.29, 0.717) is 17.5 Å². The average molecular weight is 365 g/mol. The van der Waals surface area contributed by atoms with Crippen molar-refractivity contribution in [1.82, 2.24) is 0 Å². The van der Waals surface area contributed by atoms with Gasteiger partial charge >= 0.3 is 12.1 Å². The molecular weight excluding hydrogens is 351 g/mol. The van der Waals surface area contributed by atoms with Crippen molar-refractivity contribution in [3.8, 4) is 5.75 Å². The van der Waals surface area contributed by atoms with Crippen LogP contribution in [-0.4, -0.2) is 10.9 Å². The summed E-state index contributed by atoms with van der Waals surface area (Å²) in [5, 5.41) is 10.8. The van der Waals surface area contributed by atoms with Crippen molar-refractivity contribution in [1.29, 1.82) is 0 Å². The molecule has 0 N–H and O–H groups in total. The van der Waals surface area contributed by atoms with Crippen molar-refractivity contribution in [2.75, 3.05) is 0 Å². The molecular formula is C18H14F3NO4. The number of carbonyl (C=O) groups excluding carboxylic acids is 1. The van der Waals surface area contributed by atoms with Crippen LogP contribution in [0.4, 0.5) is 18.9 Å². The first-order chi connectivity index (χ1) is 12.2. The van der Waals surface area contributed by atoms with Gasteiger partial charge in [0.1, 0.15) is 5.75 Å². The summed E-state index contributed by atoms with van der Waals surface area (Å²) < 4.78 is 43.0. The zero-order chi connectivity index (χ0) is 19.1. The highest BCUT2D eigenvalue weighted by Crippen LogP contribution is 2.48. The lowest BCUT2D eigenvalue weighted by Crippen LogP contribution is -2.11. The molecule has 0 heterocycles. The summed E-state index contributed by atoms with van der Waals surface area (Å²) in [5.74, 6) is -0.898. The largest absolute Gasteiger partial charge is 0.426 e. The van der Waals surface area contributed by atoms with E-state index < -0.39 is 28.6 Å². The molecule has 3 rings (SSSR count). The molecule has 136 valence electrons. The van der Waals surface area contributed by atoms with Gasteiger partial charge in [-0.25, -0.2) is 0 Å². The second kappa shape index (κ2) is 6.44. The van der Waals surface area contributed by atoms with Gasteiger partial charge in [-0.1, -0.05) is 12.1 Å². The highest BCUT2D eigenvalue weighted by molar-refractivity contribution is 5.79. The van der Waals surface area contributed by atoms with Crippen LogP contribution in [0.15, 0.2) is 42.5 Å². The second-order valence-corrected chi connectivity index (χ2v) is 6.19. The fourth-order valence-electron chi connectivity index (χ4n) is 2.83. The Morgan fingerprint density at radius 2 is 1.85 bits per heavy atom. The number of carbonyl (C=O) groups is 1. The number of esters is 1. The van der Waals surface area contributed by atoms with E-state index in [0.717, 1.165) is 12.1 Å². The highest BCUT2D eigenvalue weighted by Gasteiger charge is 2.45. The summed E-state index contributed by atoms with van der Waals surface area (Å²) in [6.07, 6.45) is -3.90. The first kappa shape index (κ1) is 17.9. The zero-order valence-corrected chi connectivity index (χ0v) is 13.6. The van der Waals surface area contributed by atoms with Crippen molar-refractivity contribution >= 4 is 11.7 Å². The molecule has 1 aliphatic carbocycles. The Balaban J connectivity index is 1.64. The molecule has 0 aromatic heterocycles. The summed E-state index contributed by atoms with van der Waals surface area (Å²) in [5.41, 5.74) is 0.219. The summed E-state index contributed by atoms with van der Waals surface area (Å²) in [6, 6.07) is 8.75. The Hall–Kier alpha value is -2.90. The highest BCUT2D eigenvalue weighted by atomic mass is 19.4. The van der Waals surface area contributed by atoms with E-state index in [2.05, 4.69) is 0 Å². The van der Waals surface area contributed by atoms with Gasteiger partial charge < -0.3 is 4.74 Å². The van der Waals surface area contributed by atoms with Crippen molar-refractivity contribution < 1.29 is 27.6 Å². The number of nitrogens with zero attached hydrogens (tertiary/aromatic N) is 1. The predicted octanol–water partition coefficient (Wildman–Crippen LogP) is 4.63. The average Bonchev–Trinajstić information content (AvgIpc) is 3.34. The van der Waals surface area contributed by atoms with Gasteiger partial charge in [0.2, 0.25) is 0 Å². The van der Waals surface area contributed by atoms with Gasteiger partial charge in [0.05, 0.1) is 16.4 Å². The standard InChI is InChI=1S/C18H14F3NO4/c1-10-8-13(6-7-16(10)22(24)25)26-17(23)15-9-14(15)11-2-4-12(5-3-11)18(19,20)21/h2-8,14-15H,9H2,1H3. The molecule has 0 amide bonds. The van der Waals surface area contributed by atoms with Crippen LogP contribution in [0.1, 0.15) is 29.0 Å². The summed E-state index contributed by atoms with van der Waals surface area (Å²) in [6.45, 7) is 1.54. The Labute approximate surface area is 146 Å². The molecule has 2 aromatic carbocycles. The summed E-state index contributed by atoms with van der Waals surface area (Å²) in [4.78, 5) is 22.4. The molecule has 0 saturated heterocycles. The number of alkyl halides is 3. The van der Waals surface area contributed by atoms with Gasteiger partial charge in [0.15, 0.2) is 0 Å². The first-order valence-electron chi connectivity index (χ1n) is 7.80. The third kappa shape index (κ3) is 3.68. The molecule has 0 bridgehead atoms. The Morgan fingerprint density at radius 1 is 1.19 bits per heavy atom. The maximum atomic E-state index is 12.6. The Morgan fingerprint density at radius 3 is 2.38 bits per heavy atom. The van der Waals surface area contributed by atoms with E-state index in [1.807, 2.05) is 0 Å². The molecule has 1 fully saturated rings. The van der Waals surface area contributed by atoms with Gasteiger partial charge in [-0.15, -0.1) is 0 Å². The molecule has 1 saturated carbocycles. The number of halogens is 3. The van der Waals surface area contributed by atoms with Crippen LogP contribution in [0.2, 0.25) is 0 Å². The van der Waals surface area contributed by atoms with E-state index in [-0.39, 0.29) is 17.4 Å². The van der Waals surface area contributed by atoms with Crippen LogP contribution < -0.4 is 4.74 Å².